The molecule has 0 radical (unpaired) electrons. The second-order valence-corrected chi connectivity index (χ2v) is 8.42. The smallest absolute Gasteiger partial charge is 0.191 e. The van der Waals surface area contributed by atoms with Gasteiger partial charge in [-0.15, -0.1) is 11.3 Å². The topological polar surface area (TPSA) is 58.1 Å². The SMILES string of the molecule is CN=C(NCCCCOCCOC)NCC(c1cccs1)N1CCC(C)CC1. The number of piperidine rings is 1. The molecule has 0 aliphatic carbocycles. The van der Waals surface area contributed by atoms with Crippen molar-refractivity contribution in [2.45, 2.75) is 38.6 Å². The molecule has 2 rings (SSSR count). The number of hydrogen-bond donors (Lipinski definition) is 2. The zero-order valence-corrected chi connectivity index (χ0v) is 18.6. The van der Waals surface area contributed by atoms with Crippen LogP contribution in [0, 0.1) is 5.92 Å². The fourth-order valence-electron chi connectivity index (χ4n) is 3.42. The van der Waals surface area contributed by atoms with Gasteiger partial charge in [-0.2, -0.15) is 0 Å². The largest absolute Gasteiger partial charge is 0.382 e. The maximum atomic E-state index is 5.50. The van der Waals surface area contributed by atoms with Gasteiger partial charge in [-0.25, -0.2) is 0 Å². The molecule has 0 amide bonds. The number of aliphatic imine (C=N–C) groups is 1. The van der Waals surface area contributed by atoms with Gasteiger partial charge in [0.05, 0.1) is 19.3 Å². The van der Waals surface area contributed by atoms with Crippen LogP contribution in [0.1, 0.15) is 43.5 Å². The third kappa shape index (κ3) is 8.47. The van der Waals surface area contributed by atoms with Crippen LogP contribution in [-0.2, 0) is 9.47 Å². The molecule has 1 aromatic heterocycles. The second-order valence-electron chi connectivity index (χ2n) is 7.44. The summed E-state index contributed by atoms with van der Waals surface area (Å²) in [6.45, 7) is 8.63. The van der Waals surface area contributed by atoms with Crippen LogP contribution < -0.4 is 10.6 Å². The van der Waals surface area contributed by atoms with Gasteiger partial charge in [0.15, 0.2) is 5.96 Å². The lowest BCUT2D eigenvalue weighted by Crippen LogP contribution is -2.45. The van der Waals surface area contributed by atoms with Crippen molar-refractivity contribution < 1.29 is 9.47 Å². The van der Waals surface area contributed by atoms with Crippen molar-refractivity contribution in [3.8, 4) is 0 Å². The first-order valence-corrected chi connectivity index (χ1v) is 11.4. The molecule has 1 aromatic rings. The fraction of sp³-hybridized carbons (Fsp3) is 0.762. The number of thiophene rings is 1. The van der Waals surface area contributed by atoms with Gasteiger partial charge in [0.2, 0.25) is 0 Å². The molecular formula is C21H38N4O2S. The molecule has 7 heteroatoms. The van der Waals surface area contributed by atoms with E-state index < -0.39 is 0 Å². The number of nitrogens with one attached hydrogen (secondary N) is 2. The fourth-order valence-corrected chi connectivity index (χ4v) is 4.29. The van der Waals surface area contributed by atoms with Gasteiger partial charge >= 0.3 is 0 Å². The van der Waals surface area contributed by atoms with E-state index in [2.05, 4.69) is 45.0 Å². The van der Waals surface area contributed by atoms with Crippen molar-refractivity contribution in [1.82, 2.24) is 15.5 Å². The highest BCUT2D eigenvalue weighted by atomic mass is 32.1. The average molecular weight is 411 g/mol. The van der Waals surface area contributed by atoms with Crippen LogP contribution in [0.4, 0.5) is 0 Å². The normalized spacial score (nSPS) is 17.6. The van der Waals surface area contributed by atoms with E-state index in [0.717, 1.165) is 44.4 Å². The van der Waals surface area contributed by atoms with Crippen LogP contribution in [0.2, 0.25) is 0 Å². The molecule has 1 unspecified atom stereocenters. The maximum absolute atomic E-state index is 5.50. The summed E-state index contributed by atoms with van der Waals surface area (Å²) in [5, 5.41) is 9.14. The van der Waals surface area contributed by atoms with Crippen molar-refractivity contribution in [2.75, 3.05) is 60.2 Å². The van der Waals surface area contributed by atoms with Gasteiger partial charge in [0, 0.05) is 38.7 Å². The lowest BCUT2D eigenvalue weighted by molar-refractivity contribution is 0.0689. The number of nitrogens with zero attached hydrogens (tertiary/aromatic N) is 2. The highest BCUT2D eigenvalue weighted by Gasteiger charge is 2.25. The molecule has 1 atom stereocenters. The van der Waals surface area contributed by atoms with E-state index in [-0.39, 0.29) is 0 Å². The Bertz CT molecular complexity index is 531. The summed E-state index contributed by atoms with van der Waals surface area (Å²) in [5.74, 6) is 1.73. The average Bonchev–Trinajstić information content (AvgIpc) is 3.24. The second kappa shape index (κ2) is 13.9. The monoisotopic (exact) mass is 410 g/mol. The van der Waals surface area contributed by atoms with Crippen molar-refractivity contribution in [1.29, 1.82) is 0 Å². The Labute approximate surface area is 174 Å². The van der Waals surface area contributed by atoms with E-state index >= 15 is 0 Å². The summed E-state index contributed by atoms with van der Waals surface area (Å²) < 4.78 is 10.5. The van der Waals surface area contributed by atoms with E-state index in [1.54, 1.807) is 7.11 Å². The van der Waals surface area contributed by atoms with E-state index in [1.807, 2.05) is 18.4 Å². The third-order valence-corrected chi connectivity index (χ3v) is 6.23. The predicted molar refractivity (Wildman–Crippen MR) is 118 cm³/mol. The first kappa shape index (κ1) is 23.1. The molecule has 0 aromatic carbocycles. The highest BCUT2D eigenvalue weighted by molar-refractivity contribution is 7.10. The summed E-state index contributed by atoms with van der Waals surface area (Å²) in [6, 6.07) is 4.83. The summed E-state index contributed by atoms with van der Waals surface area (Å²) in [4.78, 5) is 8.45. The van der Waals surface area contributed by atoms with Crippen LogP contribution in [0.25, 0.3) is 0 Å². The van der Waals surface area contributed by atoms with E-state index in [1.165, 1.54) is 30.8 Å². The number of rotatable bonds is 12. The molecule has 0 bridgehead atoms. The van der Waals surface area contributed by atoms with Gasteiger partial charge in [-0.3, -0.25) is 9.89 Å². The summed E-state index contributed by atoms with van der Waals surface area (Å²) in [7, 11) is 3.53. The summed E-state index contributed by atoms with van der Waals surface area (Å²) in [6.07, 6.45) is 4.69. The van der Waals surface area contributed by atoms with Crippen molar-refractivity contribution in [3.63, 3.8) is 0 Å². The van der Waals surface area contributed by atoms with Gasteiger partial charge < -0.3 is 20.1 Å². The Kier molecular flexibility index (Phi) is 11.5. The van der Waals surface area contributed by atoms with Crippen molar-refractivity contribution in [2.24, 2.45) is 10.9 Å². The van der Waals surface area contributed by atoms with Crippen LogP contribution in [0.15, 0.2) is 22.5 Å². The maximum Gasteiger partial charge on any atom is 0.191 e. The lowest BCUT2D eigenvalue weighted by Gasteiger charge is -2.36. The quantitative estimate of drug-likeness (QED) is 0.315. The molecule has 0 saturated carbocycles. The number of hydrogen-bond acceptors (Lipinski definition) is 5. The molecule has 2 heterocycles. The number of likely N-dealkylation sites (tertiary alicyclic amines) is 1. The molecule has 1 fully saturated rings. The molecule has 1 aliphatic rings. The molecule has 28 heavy (non-hydrogen) atoms. The zero-order valence-electron chi connectivity index (χ0n) is 17.8. The molecule has 160 valence electrons. The molecule has 2 N–H and O–H groups in total. The van der Waals surface area contributed by atoms with E-state index in [9.17, 15) is 0 Å². The molecular weight excluding hydrogens is 372 g/mol. The van der Waals surface area contributed by atoms with Gasteiger partial charge in [-0.1, -0.05) is 13.0 Å². The first-order valence-electron chi connectivity index (χ1n) is 10.5. The lowest BCUT2D eigenvalue weighted by atomic mass is 9.97. The van der Waals surface area contributed by atoms with E-state index in [0.29, 0.717) is 19.3 Å². The van der Waals surface area contributed by atoms with Gasteiger partial charge in [-0.05, 0) is 56.1 Å². The Morgan fingerprint density at radius 2 is 2.07 bits per heavy atom. The highest BCUT2D eigenvalue weighted by Crippen LogP contribution is 2.28. The third-order valence-electron chi connectivity index (χ3n) is 5.26. The van der Waals surface area contributed by atoms with Gasteiger partial charge in [0.1, 0.15) is 0 Å². The number of methoxy groups -OCH3 is 1. The van der Waals surface area contributed by atoms with Crippen LogP contribution in [-0.4, -0.2) is 71.0 Å². The van der Waals surface area contributed by atoms with Gasteiger partial charge in [0.25, 0.3) is 0 Å². The van der Waals surface area contributed by atoms with Crippen molar-refractivity contribution in [3.05, 3.63) is 22.4 Å². The molecule has 0 spiro atoms. The Morgan fingerprint density at radius 1 is 1.25 bits per heavy atom. The van der Waals surface area contributed by atoms with Crippen LogP contribution >= 0.6 is 11.3 Å². The molecule has 1 saturated heterocycles. The number of unbranched alkanes of at least 4 members (excludes halogenated alkanes) is 1. The minimum absolute atomic E-state index is 0.417. The Hall–Kier alpha value is -1.15. The predicted octanol–water partition coefficient (Wildman–Crippen LogP) is 3.13. The number of ether oxygens (including phenoxy) is 2. The Morgan fingerprint density at radius 3 is 2.75 bits per heavy atom. The minimum Gasteiger partial charge on any atom is -0.382 e. The van der Waals surface area contributed by atoms with Crippen LogP contribution in [0.3, 0.4) is 0 Å². The zero-order chi connectivity index (χ0) is 20.0. The summed E-state index contributed by atoms with van der Waals surface area (Å²) in [5.41, 5.74) is 0. The minimum atomic E-state index is 0.417. The molecule has 1 aliphatic heterocycles. The Balaban J connectivity index is 1.71. The standard InChI is InChI=1S/C21H38N4O2S/c1-18-8-11-25(12-9-18)19(20-7-6-16-28-20)17-24-21(22-2)23-10-4-5-13-27-15-14-26-3/h6-7,16,18-19H,4-5,8-15,17H2,1-3H3,(H2,22,23,24). The van der Waals surface area contributed by atoms with Crippen LogP contribution in [0.5, 0.6) is 0 Å². The van der Waals surface area contributed by atoms with E-state index in [4.69, 9.17) is 9.47 Å². The number of guanidine groups is 1. The first-order chi connectivity index (χ1) is 13.7. The van der Waals surface area contributed by atoms with Crippen molar-refractivity contribution >= 4 is 17.3 Å². The summed E-state index contributed by atoms with van der Waals surface area (Å²) >= 11 is 1.85. The molecule has 6 nitrogen and oxygen atoms in total.